The number of hydrogen-bond donors (Lipinski definition) is 1. The summed E-state index contributed by atoms with van der Waals surface area (Å²) in [6.07, 6.45) is 2.53. The Hall–Kier alpha value is -0.670. The van der Waals surface area contributed by atoms with Crippen molar-refractivity contribution < 1.29 is 9.84 Å². The number of aliphatic hydroxyl groups excluding tert-OH is 1. The zero-order chi connectivity index (χ0) is 11.3. The van der Waals surface area contributed by atoms with Crippen LogP contribution in [0.15, 0.2) is 18.2 Å². The quantitative estimate of drug-likeness (QED) is 0.837. The molecule has 2 nitrogen and oxygen atoms in total. The molecule has 0 saturated carbocycles. The molecule has 0 saturated heterocycles. The van der Waals surface area contributed by atoms with Gasteiger partial charge in [-0.05, 0) is 35.9 Å². The summed E-state index contributed by atoms with van der Waals surface area (Å²) in [5.41, 5.74) is 2.12. The molecule has 3 heteroatoms. The smallest absolute Gasteiger partial charge is 0.122 e. The SMILES string of the molecule is CCc1cc(C(O)CSC)ccc1OC. The fourth-order valence-corrected chi connectivity index (χ4v) is 2.04. The van der Waals surface area contributed by atoms with E-state index in [1.54, 1.807) is 18.9 Å². The molecular weight excluding hydrogens is 208 g/mol. The van der Waals surface area contributed by atoms with Crippen LogP contribution < -0.4 is 4.74 Å². The number of ether oxygens (including phenoxy) is 1. The first kappa shape index (κ1) is 12.4. The molecule has 1 atom stereocenters. The van der Waals surface area contributed by atoms with Crippen molar-refractivity contribution in [3.05, 3.63) is 29.3 Å². The summed E-state index contributed by atoms with van der Waals surface area (Å²) in [6.45, 7) is 2.09. The predicted octanol–water partition coefficient (Wildman–Crippen LogP) is 2.65. The molecule has 0 bridgehead atoms. The second kappa shape index (κ2) is 6.03. The van der Waals surface area contributed by atoms with Crippen molar-refractivity contribution in [2.24, 2.45) is 0 Å². The number of aliphatic hydroxyl groups is 1. The first-order valence-electron chi connectivity index (χ1n) is 5.06. The number of thioether (sulfide) groups is 1. The molecule has 1 aromatic carbocycles. The average molecular weight is 226 g/mol. The van der Waals surface area contributed by atoms with E-state index in [0.29, 0.717) is 0 Å². The molecule has 0 fully saturated rings. The lowest BCUT2D eigenvalue weighted by molar-refractivity contribution is 0.204. The van der Waals surface area contributed by atoms with E-state index in [-0.39, 0.29) is 6.10 Å². The van der Waals surface area contributed by atoms with Crippen LogP contribution in [0.5, 0.6) is 5.75 Å². The van der Waals surface area contributed by atoms with E-state index in [0.717, 1.165) is 29.1 Å². The van der Waals surface area contributed by atoms with Crippen LogP contribution in [0.2, 0.25) is 0 Å². The Kier molecular flexibility index (Phi) is 4.99. The van der Waals surface area contributed by atoms with Gasteiger partial charge in [0.15, 0.2) is 0 Å². The van der Waals surface area contributed by atoms with E-state index in [1.807, 2.05) is 24.5 Å². The van der Waals surface area contributed by atoms with Gasteiger partial charge in [0.2, 0.25) is 0 Å². The number of aryl methyl sites for hydroxylation is 1. The van der Waals surface area contributed by atoms with Gasteiger partial charge >= 0.3 is 0 Å². The molecule has 1 N–H and O–H groups in total. The summed E-state index contributed by atoms with van der Waals surface area (Å²) in [4.78, 5) is 0. The van der Waals surface area contributed by atoms with Gasteiger partial charge in [-0.1, -0.05) is 13.0 Å². The molecule has 0 aliphatic rings. The minimum Gasteiger partial charge on any atom is -0.496 e. The molecule has 1 aromatic rings. The lowest BCUT2D eigenvalue weighted by Crippen LogP contribution is -2.02. The van der Waals surface area contributed by atoms with Crippen molar-refractivity contribution >= 4 is 11.8 Å². The first-order chi connectivity index (χ1) is 7.22. The molecular formula is C12H18O2S. The van der Waals surface area contributed by atoms with Crippen LogP contribution >= 0.6 is 11.8 Å². The van der Waals surface area contributed by atoms with Gasteiger partial charge in [-0.2, -0.15) is 11.8 Å². The topological polar surface area (TPSA) is 29.5 Å². The Morgan fingerprint density at radius 3 is 2.73 bits per heavy atom. The minimum atomic E-state index is -0.379. The first-order valence-corrected chi connectivity index (χ1v) is 6.46. The van der Waals surface area contributed by atoms with Crippen LogP contribution in [0, 0.1) is 0 Å². The lowest BCUT2D eigenvalue weighted by Gasteiger charge is -2.13. The molecule has 1 rings (SSSR count). The van der Waals surface area contributed by atoms with Crippen LogP contribution in [0.25, 0.3) is 0 Å². The largest absolute Gasteiger partial charge is 0.496 e. The maximum absolute atomic E-state index is 9.84. The van der Waals surface area contributed by atoms with Crippen LogP contribution in [0.3, 0.4) is 0 Å². The van der Waals surface area contributed by atoms with Crippen molar-refractivity contribution in [3.8, 4) is 5.75 Å². The number of hydrogen-bond acceptors (Lipinski definition) is 3. The second-order valence-electron chi connectivity index (χ2n) is 3.40. The fourth-order valence-electron chi connectivity index (χ4n) is 1.54. The summed E-state index contributed by atoms with van der Waals surface area (Å²) < 4.78 is 5.24. The Morgan fingerprint density at radius 2 is 2.20 bits per heavy atom. The highest BCUT2D eigenvalue weighted by Gasteiger charge is 2.09. The van der Waals surface area contributed by atoms with Gasteiger partial charge < -0.3 is 9.84 Å². The standard InChI is InChI=1S/C12H18O2S/c1-4-9-7-10(11(13)8-15-3)5-6-12(9)14-2/h5-7,11,13H,4,8H2,1-3H3. The average Bonchev–Trinajstić information content (AvgIpc) is 2.28. The van der Waals surface area contributed by atoms with Gasteiger partial charge in [-0.25, -0.2) is 0 Å². The molecule has 84 valence electrons. The van der Waals surface area contributed by atoms with Crippen molar-refractivity contribution in [1.82, 2.24) is 0 Å². The number of methoxy groups -OCH3 is 1. The third-order valence-electron chi connectivity index (χ3n) is 2.39. The molecule has 1 unspecified atom stereocenters. The molecule has 0 aromatic heterocycles. The number of rotatable bonds is 5. The normalized spacial score (nSPS) is 12.5. The van der Waals surface area contributed by atoms with E-state index < -0.39 is 0 Å². The maximum atomic E-state index is 9.84. The third kappa shape index (κ3) is 3.14. The van der Waals surface area contributed by atoms with Gasteiger partial charge in [0.1, 0.15) is 5.75 Å². The summed E-state index contributed by atoms with van der Waals surface area (Å²) >= 11 is 1.65. The molecule has 0 aliphatic heterocycles. The monoisotopic (exact) mass is 226 g/mol. The molecule has 0 aliphatic carbocycles. The summed E-state index contributed by atoms with van der Waals surface area (Å²) in [7, 11) is 1.67. The predicted molar refractivity (Wildman–Crippen MR) is 65.7 cm³/mol. The highest BCUT2D eigenvalue weighted by Crippen LogP contribution is 2.25. The molecule has 0 radical (unpaired) electrons. The van der Waals surface area contributed by atoms with Crippen LogP contribution in [0.4, 0.5) is 0 Å². The summed E-state index contributed by atoms with van der Waals surface area (Å²) in [5.74, 6) is 1.63. The second-order valence-corrected chi connectivity index (χ2v) is 4.31. The van der Waals surface area contributed by atoms with E-state index in [4.69, 9.17) is 4.74 Å². The van der Waals surface area contributed by atoms with Gasteiger partial charge in [0.05, 0.1) is 13.2 Å². The Morgan fingerprint density at radius 1 is 1.47 bits per heavy atom. The molecule has 15 heavy (non-hydrogen) atoms. The van der Waals surface area contributed by atoms with Gasteiger partial charge in [0.25, 0.3) is 0 Å². The Bertz CT molecular complexity index is 312. The molecule has 0 spiro atoms. The highest BCUT2D eigenvalue weighted by atomic mass is 32.2. The molecule has 0 amide bonds. The van der Waals surface area contributed by atoms with Gasteiger partial charge in [-0.3, -0.25) is 0 Å². The Balaban J connectivity index is 2.92. The maximum Gasteiger partial charge on any atom is 0.122 e. The van der Waals surface area contributed by atoms with E-state index in [1.165, 1.54) is 0 Å². The minimum absolute atomic E-state index is 0.379. The Labute approximate surface area is 95.7 Å². The number of benzene rings is 1. The van der Waals surface area contributed by atoms with E-state index in [9.17, 15) is 5.11 Å². The zero-order valence-corrected chi connectivity index (χ0v) is 10.3. The van der Waals surface area contributed by atoms with Gasteiger partial charge in [0, 0.05) is 5.75 Å². The fraction of sp³-hybridized carbons (Fsp3) is 0.500. The van der Waals surface area contributed by atoms with Crippen LogP contribution in [-0.2, 0) is 6.42 Å². The van der Waals surface area contributed by atoms with Crippen LogP contribution in [-0.4, -0.2) is 24.2 Å². The summed E-state index contributed by atoms with van der Waals surface area (Å²) in [6, 6.07) is 5.89. The van der Waals surface area contributed by atoms with E-state index >= 15 is 0 Å². The highest BCUT2D eigenvalue weighted by molar-refractivity contribution is 7.98. The van der Waals surface area contributed by atoms with Crippen LogP contribution in [0.1, 0.15) is 24.2 Å². The molecule has 0 heterocycles. The van der Waals surface area contributed by atoms with E-state index in [2.05, 4.69) is 6.92 Å². The van der Waals surface area contributed by atoms with Crippen molar-refractivity contribution in [1.29, 1.82) is 0 Å². The van der Waals surface area contributed by atoms with Gasteiger partial charge in [-0.15, -0.1) is 0 Å². The van der Waals surface area contributed by atoms with Crippen molar-refractivity contribution in [3.63, 3.8) is 0 Å². The summed E-state index contributed by atoms with van der Waals surface area (Å²) in [5, 5.41) is 9.84. The third-order valence-corrected chi connectivity index (χ3v) is 3.04. The lowest BCUT2D eigenvalue weighted by atomic mass is 10.0. The zero-order valence-electron chi connectivity index (χ0n) is 9.49. The van der Waals surface area contributed by atoms with Crippen molar-refractivity contribution in [2.45, 2.75) is 19.4 Å². The van der Waals surface area contributed by atoms with Crippen molar-refractivity contribution in [2.75, 3.05) is 19.1 Å².